The van der Waals surface area contributed by atoms with Crippen molar-refractivity contribution >= 4 is 19.0 Å². The van der Waals surface area contributed by atoms with Gasteiger partial charge in [0.15, 0.2) is 0 Å². The first-order valence-electron chi connectivity index (χ1n) is 8.72. The molecule has 1 aliphatic heterocycles. The molecule has 0 aliphatic carbocycles. The Kier molecular flexibility index (Phi) is 6.26. The van der Waals surface area contributed by atoms with Gasteiger partial charge in [-0.2, -0.15) is 0 Å². The summed E-state index contributed by atoms with van der Waals surface area (Å²) >= 11 is 0. The maximum Gasteiger partial charge on any atom is 0.405 e. The monoisotopic (exact) mass is 404 g/mol. The van der Waals surface area contributed by atoms with E-state index < -0.39 is 12.7 Å². The van der Waals surface area contributed by atoms with Gasteiger partial charge in [-0.15, -0.1) is 0 Å². The van der Waals surface area contributed by atoms with Crippen LogP contribution in [0.4, 0.5) is 5.69 Å². The van der Waals surface area contributed by atoms with Crippen LogP contribution in [0.5, 0.6) is 11.5 Å². The number of ether oxygens (including phenoxy) is 1. The van der Waals surface area contributed by atoms with Gasteiger partial charge < -0.3 is 4.74 Å². The Balaban J connectivity index is 1.78. The molecule has 1 heterocycles. The zero-order valence-corrected chi connectivity index (χ0v) is 16.3. The van der Waals surface area contributed by atoms with E-state index in [1.165, 1.54) is 18.2 Å². The lowest BCUT2D eigenvalue weighted by molar-refractivity contribution is -0.385. The molecule has 0 aromatic heterocycles. The first kappa shape index (κ1) is 20.2. The van der Waals surface area contributed by atoms with Crippen LogP contribution >= 0.6 is 7.75 Å². The topological polar surface area (TPSA) is 99.9 Å². The molecule has 1 N–H and O–H groups in total. The van der Waals surface area contributed by atoms with Gasteiger partial charge in [-0.1, -0.05) is 24.3 Å². The van der Waals surface area contributed by atoms with E-state index in [-0.39, 0.29) is 18.0 Å². The van der Waals surface area contributed by atoms with Crippen molar-refractivity contribution in [3.05, 3.63) is 70.3 Å². The highest BCUT2D eigenvalue weighted by Gasteiger charge is 2.27. The lowest BCUT2D eigenvalue weighted by Gasteiger charge is -2.23. The van der Waals surface area contributed by atoms with E-state index in [9.17, 15) is 14.7 Å². The van der Waals surface area contributed by atoms with Crippen molar-refractivity contribution in [2.24, 2.45) is 0 Å². The molecule has 0 radical (unpaired) electrons. The smallest absolute Gasteiger partial charge is 0.405 e. The SMILES string of the molecule is C=C(C)c1ccc(Oc2cc(COP3(=O)NCCCO3)ccc2[N+](=O)[O-])cc1. The molecule has 9 heteroatoms. The molecule has 0 saturated carbocycles. The molecule has 148 valence electrons. The molecule has 0 spiro atoms. The van der Waals surface area contributed by atoms with Gasteiger partial charge in [0.2, 0.25) is 5.75 Å². The third-order valence-electron chi connectivity index (χ3n) is 4.08. The predicted octanol–water partition coefficient (Wildman–Crippen LogP) is 5.05. The van der Waals surface area contributed by atoms with Crippen molar-refractivity contribution in [1.29, 1.82) is 0 Å². The van der Waals surface area contributed by atoms with Crippen molar-refractivity contribution in [2.45, 2.75) is 20.0 Å². The molecule has 2 aromatic rings. The molecule has 3 rings (SSSR count). The Bertz CT molecular complexity index is 919. The molecule has 2 aromatic carbocycles. The van der Waals surface area contributed by atoms with Crippen molar-refractivity contribution in [1.82, 2.24) is 5.09 Å². The van der Waals surface area contributed by atoms with Gasteiger partial charge in [0, 0.05) is 12.6 Å². The van der Waals surface area contributed by atoms with E-state index >= 15 is 0 Å². The van der Waals surface area contributed by atoms with Crippen LogP contribution in [0.2, 0.25) is 0 Å². The molecule has 0 bridgehead atoms. The number of nitrogens with one attached hydrogen (secondary N) is 1. The van der Waals surface area contributed by atoms with Gasteiger partial charge in [-0.05, 0) is 48.7 Å². The van der Waals surface area contributed by atoms with E-state index in [0.717, 1.165) is 17.6 Å². The van der Waals surface area contributed by atoms with E-state index in [4.69, 9.17) is 13.8 Å². The molecule has 1 atom stereocenters. The number of hydrogen-bond donors (Lipinski definition) is 1. The van der Waals surface area contributed by atoms with Crippen molar-refractivity contribution in [3.8, 4) is 11.5 Å². The average molecular weight is 404 g/mol. The molecule has 8 nitrogen and oxygen atoms in total. The number of nitro groups is 1. The summed E-state index contributed by atoms with van der Waals surface area (Å²) < 4.78 is 28.6. The standard InChI is InChI=1S/C19H21N2O6P/c1-14(2)16-5-7-17(8-6-16)27-19-12-15(4-9-18(19)21(22)23)13-26-28(24)20-10-3-11-25-28/h4-9,12H,1,3,10-11,13H2,2H3,(H,20,24). The van der Waals surface area contributed by atoms with Crippen LogP contribution in [0.15, 0.2) is 49.0 Å². The highest BCUT2D eigenvalue weighted by Crippen LogP contribution is 2.46. The second-order valence-electron chi connectivity index (χ2n) is 6.33. The first-order valence-corrected chi connectivity index (χ1v) is 10.3. The largest absolute Gasteiger partial charge is 0.450 e. The number of allylic oxidation sites excluding steroid dienone is 1. The van der Waals surface area contributed by atoms with Gasteiger partial charge in [-0.25, -0.2) is 9.65 Å². The highest BCUT2D eigenvalue weighted by molar-refractivity contribution is 7.51. The van der Waals surface area contributed by atoms with E-state index in [1.807, 2.05) is 19.1 Å². The van der Waals surface area contributed by atoms with Gasteiger partial charge in [-0.3, -0.25) is 19.2 Å². The summed E-state index contributed by atoms with van der Waals surface area (Å²) in [6.45, 7) is 6.63. The van der Waals surface area contributed by atoms with Crippen LogP contribution in [-0.4, -0.2) is 18.1 Å². The van der Waals surface area contributed by atoms with Crippen molar-refractivity contribution in [3.63, 3.8) is 0 Å². The summed E-state index contributed by atoms with van der Waals surface area (Å²) in [7, 11) is -3.34. The van der Waals surface area contributed by atoms with Gasteiger partial charge in [0.1, 0.15) is 5.75 Å². The predicted molar refractivity (Wildman–Crippen MR) is 105 cm³/mol. The van der Waals surface area contributed by atoms with Crippen LogP contribution in [-0.2, 0) is 20.2 Å². The quantitative estimate of drug-likeness (QED) is 0.391. The normalized spacial score (nSPS) is 19.2. The molecule has 1 unspecified atom stereocenters. The number of hydrogen-bond acceptors (Lipinski definition) is 6. The van der Waals surface area contributed by atoms with Crippen LogP contribution in [0.1, 0.15) is 24.5 Å². The molecule has 28 heavy (non-hydrogen) atoms. The summed E-state index contributed by atoms with van der Waals surface area (Å²) in [5, 5.41) is 14.1. The number of nitrogens with zero attached hydrogens (tertiary/aromatic N) is 1. The van der Waals surface area contributed by atoms with E-state index in [0.29, 0.717) is 24.5 Å². The minimum atomic E-state index is -3.34. The molecular weight excluding hydrogens is 383 g/mol. The van der Waals surface area contributed by atoms with Crippen LogP contribution < -0.4 is 9.82 Å². The highest BCUT2D eigenvalue weighted by atomic mass is 31.2. The molecule has 1 saturated heterocycles. The Morgan fingerprint density at radius 3 is 2.68 bits per heavy atom. The maximum absolute atomic E-state index is 12.3. The molecule has 1 aliphatic rings. The number of rotatable bonds is 7. The minimum absolute atomic E-state index is 0.0345. The summed E-state index contributed by atoms with van der Waals surface area (Å²) in [4.78, 5) is 10.8. The number of nitro benzene ring substituents is 1. The molecule has 0 amide bonds. The fourth-order valence-corrected chi connectivity index (χ4v) is 3.95. The fourth-order valence-electron chi connectivity index (χ4n) is 2.58. The summed E-state index contributed by atoms with van der Waals surface area (Å²) in [5.74, 6) is 0.529. The lowest BCUT2D eigenvalue weighted by Crippen LogP contribution is -2.22. The van der Waals surface area contributed by atoms with Gasteiger partial charge in [0.05, 0.1) is 18.1 Å². The Labute approximate surface area is 162 Å². The van der Waals surface area contributed by atoms with Crippen LogP contribution in [0.3, 0.4) is 0 Å². The fraction of sp³-hybridized carbons (Fsp3) is 0.263. The third kappa shape index (κ3) is 5.05. The minimum Gasteiger partial charge on any atom is -0.450 e. The molecular formula is C19H21N2O6P. The first-order chi connectivity index (χ1) is 13.4. The second-order valence-corrected chi connectivity index (χ2v) is 8.16. The molecule has 1 fully saturated rings. The summed E-state index contributed by atoms with van der Waals surface area (Å²) in [6.07, 6.45) is 0.757. The van der Waals surface area contributed by atoms with Crippen LogP contribution in [0.25, 0.3) is 5.57 Å². The Hall–Kier alpha value is -2.51. The lowest BCUT2D eigenvalue weighted by atomic mass is 10.1. The second kappa shape index (κ2) is 8.67. The summed E-state index contributed by atoms with van der Waals surface area (Å²) in [5.41, 5.74) is 2.26. The Morgan fingerprint density at radius 1 is 1.32 bits per heavy atom. The Morgan fingerprint density at radius 2 is 2.07 bits per heavy atom. The van der Waals surface area contributed by atoms with E-state index in [1.54, 1.807) is 12.1 Å². The van der Waals surface area contributed by atoms with Gasteiger partial charge >= 0.3 is 13.4 Å². The van der Waals surface area contributed by atoms with Crippen molar-refractivity contribution in [2.75, 3.05) is 13.2 Å². The zero-order valence-electron chi connectivity index (χ0n) is 15.4. The van der Waals surface area contributed by atoms with Gasteiger partial charge in [0.25, 0.3) is 0 Å². The number of benzene rings is 2. The zero-order chi connectivity index (χ0) is 20.1. The average Bonchev–Trinajstić information content (AvgIpc) is 2.67. The van der Waals surface area contributed by atoms with Crippen LogP contribution in [0, 0.1) is 10.1 Å². The third-order valence-corrected chi connectivity index (χ3v) is 5.69. The van der Waals surface area contributed by atoms with E-state index in [2.05, 4.69) is 11.7 Å². The maximum atomic E-state index is 12.3. The summed E-state index contributed by atoms with van der Waals surface area (Å²) in [6, 6.07) is 11.5. The van der Waals surface area contributed by atoms with Crippen molar-refractivity contribution < 1.29 is 23.3 Å².